The molecule has 4 rings (SSSR count). The number of amides is 1. The molecule has 4 nitrogen and oxygen atoms in total. The van der Waals surface area contributed by atoms with E-state index in [-0.39, 0.29) is 5.91 Å². The maximum atomic E-state index is 12.3. The summed E-state index contributed by atoms with van der Waals surface area (Å²) in [5, 5.41) is 6.42. The highest BCUT2D eigenvalue weighted by Crippen LogP contribution is 2.31. The first-order chi connectivity index (χ1) is 11.8. The maximum Gasteiger partial charge on any atom is 0.234 e. The molecule has 0 atom stereocenters. The lowest BCUT2D eigenvalue weighted by molar-refractivity contribution is -0.113. The van der Waals surface area contributed by atoms with Gasteiger partial charge in [-0.05, 0) is 36.6 Å². The molecule has 2 aromatic carbocycles. The molecule has 0 aliphatic carbocycles. The van der Waals surface area contributed by atoms with Gasteiger partial charge in [0.2, 0.25) is 5.91 Å². The van der Waals surface area contributed by atoms with Crippen molar-refractivity contribution in [3.63, 3.8) is 0 Å². The minimum atomic E-state index is 0.0000274. The zero-order valence-corrected chi connectivity index (χ0v) is 14.7. The van der Waals surface area contributed by atoms with Crippen LogP contribution >= 0.6 is 23.1 Å². The number of hydrogen-bond donors (Lipinski definition) is 2. The summed E-state index contributed by atoms with van der Waals surface area (Å²) in [5.74, 6) is 0.365. The van der Waals surface area contributed by atoms with Gasteiger partial charge >= 0.3 is 0 Å². The quantitative estimate of drug-likeness (QED) is 0.682. The number of anilines is 2. The lowest BCUT2D eigenvalue weighted by Gasteiger charge is -2.21. The highest BCUT2D eigenvalue weighted by Gasteiger charge is 2.14. The normalized spacial score (nSPS) is 13.3. The van der Waals surface area contributed by atoms with Crippen molar-refractivity contribution >= 4 is 50.6 Å². The van der Waals surface area contributed by atoms with E-state index in [1.54, 1.807) is 11.3 Å². The van der Waals surface area contributed by atoms with Crippen LogP contribution in [0.3, 0.4) is 0 Å². The number of nitrogens with one attached hydrogen (secondary N) is 2. The average molecular weight is 355 g/mol. The monoisotopic (exact) mass is 355 g/mol. The second-order valence-electron chi connectivity index (χ2n) is 5.65. The van der Waals surface area contributed by atoms with Crippen LogP contribution in [-0.2, 0) is 11.2 Å². The van der Waals surface area contributed by atoms with E-state index in [0.29, 0.717) is 5.75 Å². The molecular weight excluding hydrogens is 338 g/mol. The van der Waals surface area contributed by atoms with E-state index >= 15 is 0 Å². The van der Waals surface area contributed by atoms with Gasteiger partial charge in [0.15, 0.2) is 4.34 Å². The number of benzene rings is 2. The highest BCUT2D eigenvalue weighted by atomic mass is 32.2. The predicted octanol–water partition coefficient (Wildman–Crippen LogP) is 4.39. The Bertz CT molecular complexity index is 858. The number of rotatable bonds is 4. The van der Waals surface area contributed by atoms with Crippen LogP contribution in [0, 0.1) is 0 Å². The van der Waals surface area contributed by atoms with E-state index in [1.165, 1.54) is 17.3 Å². The molecule has 0 radical (unpaired) electrons. The molecule has 3 aromatic rings. The summed E-state index contributed by atoms with van der Waals surface area (Å²) in [4.78, 5) is 16.9. The van der Waals surface area contributed by atoms with Crippen LogP contribution in [0.4, 0.5) is 11.4 Å². The summed E-state index contributed by atoms with van der Waals surface area (Å²) in [6.45, 7) is 0.959. The number of nitrogens with zero attached hydrogens (tertiary/aromatic N) is 1. The van der Waals surface area contributed by atoms with Crippen LogP contribution in [0.25, 0.3) is 10.2 Å². The third kappa shape index (κ3) is 3.25. The first kappa shape index (κ1) is 15.5. The van der Waals surface area contributed by atoms with E-state index in [1.807, 2.05) is 30.3 Å². The lowest BCUT2D eigenvalue weighted by Crippen LogP contribution is -2.18. The number of para-hydroxylation sites is 2. The molecule has 0 saturated carbocycles. The van der Waals surface area contributed by atoms with Crippen LogP contribution in [0.5, 0.6) is 0 Å². The number of hydrogen-bond acceptors (Lipinski definition) is 5. The van der Waals surface area contributed by atoms with Crippen LogP contribution in [0.15, 0.2) is 46.8 Å². The number of thioether (sulfide) groups is 1. The number of thiazole rings is 1. The summed E-state index contributed by atoms with van der Waals surface area (Å²) in [5.41, 5.74) is 4.22. The SMILES string of the molecule is O=C(CSc1nc2ccccc2s1)Nc1cccc2c1NCCC2. The van der Waals surface area contributed by atoms with Gasteiger partial charge in [-0.15, -0.1) is 11.3 Å². The van der Waals surface area contributed by atoms with Gasteiger partial charge in [0.25, 0.3) is 0 Å². The summed E-state index contributed by atoms with van der Waals surface area (Å²) < 4.78 is 2.08. The minimum Gasteiger partial charge on any atom is -0.383 e. The third-order valence-corrected chi connectivity index (χ3v) is 6.13. The van der Waals surface area contributed by atoms with E-state index in [9.17, 15) is 4.79 Å². The van der Waals surface area contributed by atoms with Gasteiger partial charge in [0.05, 0.1) is 27.3 Å². The lowest BCUT2D eigenvalue weighted by atomic mass is 10.0. The van der Waals surface area contributed by atoms with Gasteiger partial charge in [-0.2, -0.15) is 0 Å². The first-order valence-corrected chi connectivity index (χ1v) is 9.74. The molecule has 0 saturated heterocycles. The Labute approximate surface area is 148 Å². The fourth-order valence-electron chi connectivity index (χ4n) is 2.84. The van der Waals surface area contributed by atoms with Gasteiger partial charge in [-0.25, -0.2) is 4.98 Å². The Morgan fingerprint density at radius 2 is 2.17 bits per heavy atom. The van der Waals surface area contributed by atoms with Crippen molar-refractivity contribution in [2.75, 3.05) is 22.9 Å². The Morgan fingerprint density at radius 3 is 3.08 bits per heavy atom. The topological polar surface area (TPSA) is 54.0 Å². The van der Waals surface area contributed by atoms with Crippen molar-refractivity contribution in [3.05, 3.63) is 48.0 Å². The average Bonchev–Trinajstić information content (AvgIpc) is 3.03. The van der Waals surface area contributed by atoms with Crippen molar-refractivity contribution in [2.45, 2.75) is 17.2 Å². The smallest absolute Gasteiger partial charge is 0.234 e. The van der Waals surface area contributed by atoms with Crippen molar-refractivity contribution in [3.8, 4) is 0 Å². The predicted molar refractivity (Wildman–Crippen MR) is 102 cm³/mol. The summed E-state index contributed by atoms with van der Waals surface area (Å²) in [6, 6.07) is 14.1. The van der Waals surface area contributed by atoms with Gasteiger partial charge in [-0.1, -0.05) is 36.0 Å². The molecule has 1 aliphatic heterocycles. The van der Waals surface area contributed by atoms with E-state index < -0.39 is 0 Å². The second-order valence-corrected chi connectivity index (χ2v) is 7.91. The second kappa shape index (κ2) is 6.83. The van der Waals surface area contributed by atoms with Gasteiger partial charge < -0.3 is 10.6 Å². The molecule has 0 bridgehead atoms. The molecule has 1 amide bonds. The molecule has 6 heteroatoms. The number of aromatic nitrogens is 1. The Balaban J connectivity index is 1.42. The van der Waals surface area contributed by atoms with Crippen molar-refractivity contribution in [2.24, 2.45) is 0 Å². The molecule has 1 aliphatic rings. The van der Waals surface area contributed by atoms with Crippen LogP contribution < -0.4 is 10.6 Å². The van der Waals surface area contributed by atoms with Crippen molar-refractivity contribution in [1.82, 2.24) is 4.98 Å². The van der Waals surface area contributed by atoms with Gasteiger partial charge in [0.1, 0.15) is 0 Å². The first-order valence-electron chi connectivity index (χ1n) is 7.93. The summed E-state index contributed by atoms with van der Waals surface area (Å²) in [6.07, 6.45) is 2.20. The molecule has 0 unspecified atom stereocenters. The van der Waals surface area contributed by atoms with E-state index in [0.717, 1.165) is 45.3 Å². The zero-order chi connectivity index (χ0) is 16.4. The van der Waals surface area contributed by atoms with Gasteiger partial charge in [0, 0.05) is 6.54 Å². The minimum absolute atomic E-state index is 0.0000274. The maximum absolute atomic E-state index is 12.3. The van der Waals surface area contributed by atoms with Crippen LogP contribution in [0.1, 0.15) is 12.0 Å². The Kier molecular flexibility index (Phi) is 4.40. The third-order valence-electron chi connectivity index (χ3n) is 3.95. The summed E-state index contributed by atoms with van der Waals surface area (Å²) >= 11 is 3.11. The fraction of sp³-hybridized carbons (Fsp3) is 0.222. The largest absolute Gasteiger partial charge is 0.383 e. The molecule has 24 heavy (non-hydrogen) atoms. The standard InChI is InChI=1S/C18H17N3OS2/c22-16(11-23-18-21-13-7-1-2-9-15(13)24-18)20-14-8-3-5-12-6-4-10-19-17(12)14/h1-3,5,7-9,19H,4,6,10-11H2,(H,20,22). The molecule has 1 aromatic heterocycles. The van der Waals surface area contributed by atoms with Gasteiger partial charge in [-0.3, -0.25) is 4.79 Å². The Morgan fingerprint density at radius 1 is 1.25 bits per heavy atom. The van der Waals surface area contributed by atoms with Crippen LogP contribution in [-0.4, -0.2) is 23.2 Å². The van der Waals surface area contributed by atoms with Crippen molar-refractivity contribution in [1.29, 1.82) is 0 Å². The van der Waals surface area contributed by atoms with Crippen molar-refractivity contribution < 1.29 is 4.79 Å². The summed E-state index contributed by atoms with van der Waals surface area (Å²) in [7, 11) is 0. The molecule has 0 spiro atoms. The zero-order valence-electron chi connectivity index (χ0n) is 13.0. The molecule has 0 fully saturated rings. The number of aryl methyl sites for hydroxylation is 1. The highest BCUT2D eigenvalue weighted by molar-refractivity contribution is 8.01. The number of carbonyl (C=O) groups is 1. The fourth-order valence-corrected chi connectivity index (χ4v) is 4.71. The number of carbonyl (C=O) groups excluding carboxylic acids is 1. The van der Waals surface area contributed by atoms with E-state index in [2.05, 4.69) is 27.8 Å². The molecule has 2 heterocycles. The van der Waals surface area contributed by atoms with E-state index in [4.69, 9.17) is 0 Å². The molecular formula is C18H17N3OS2. The molecule has 122 valence electrons. The van der Waals surface area contributed by atoms with Crippen LogP contribution in [0.2, 0.25) is 0 Å². The Hall–Kier alpha value is -2.05. The molecule has 2 N–H and O–H groups in total. The number of fused-ring (bicyclic) bond motifs is 2.